The van der Waals surface area contributed by atoms with Crippen LogP contribution in [0.4, 0.5) is 0 Å². The molecule has 2 aliphatic rings. The molecule has 138 valence electrons. The standard InChI is InChI=1S/C24H24O3/c1-16-6-4-5-7-17(16)12-18-15-27-24(2)11-10-19(25)13-23(24)22-14-20(26-3)8-9-21(18)22/h4-12,14,23H,13,15H2,1-3H3/b18-12+/t23-,24-/m0/s1. The molecule has 0 bridgehead atoms. The molecule has 0 fully saturated rings. The molecule has 1 aliphatic carbocycles. The summed E-state index contributed by atoms with van der Waals surface area (Å²) < 4.78 is 11.8. The van der Waals surface area contributed by atoms with Crippen LogP contribution in [0.1, 0.15) is 41.5 Å². The Labute approximate surface area is 160 Å². The van der Waals surface area contributed by atoms with Crippen LogP contribution in [0.5, 0.6) is 5.75 Å². The molecule has 2 atom stereocenters. The molecule has 1 aliphatic heterocycles. The van der Waals surface area contributed by atoms with Crippen LogP contribution in [-0.4, -0.2) is 25.1 Å². The second-order valence-electron chi connectivity index (χ2n) is 7.51. The molecule has 0 radical (unpaired) electrons. The lowest BCUT2D eigenvalue weighted by molar-refractivity contribution is -0.117. The number of aryl methyl sites for hydroxylation is 1. The molecule has 0 amide bonds. The first kappa shape index (κ1) is 17.7. The number of benzene rings is 2. The van der Waals surface area contributed by atoms with E-state index < -0.39 is 5.60 Å². The number of hydrogen-bond donors (Lipinski definition) is 0. The fraction of sp³-hybridized carbons (Fsp3) is 0.292. The lowest BCUT2D eigenvalue weighted by atomic mass is 9.75. The fourth-order valence-electron chi connectivity index (χ4n) is 4.03. The molecule has 0 spiro atoms. The Morgan fingerprint density at radius 1 is 1.22 bits per heavy atom. The van der Waals surface area contributed by atoms with Crippen molar-refractivity contribution in [2.75, 3.05) is 13.7 Å². The highest BCUT2D eigenvalue weighted by Gasteiger charge is 2.41. The summed E-state index contributed by atoms with van der Waals surface area (Å²) in [6, 6.07) is 14.5. The first-order valence-corrected chi connectivity index (χ1v) is 9.31. The average Bonchev–Trinajstić information content (AvgIpc) is 2.79. The van der Waals surface area contributed by atoms with Crippen LogP contribution in [0.2, 0.25) is 0 Å². The van der Waals surface area contributed by atoms with E-state index in [0.717, 1.165) is 22.4 Å². The summed E-state index contributed by atoms with van der Waals surface area (Å²) >= 11 is 0. The van der Waals surface area contributed by atoms with Gasteiger partial charge in [-0.25, -0.2) is 0 Å². The Morgan fingerprint density at radius 3 is 2.81 bits per heavy atom. The highest BCUT2D eigenvalue weighted by molar-refractivity contribution is 5.93. The van der Waals surface area contributed by atoms with Gasteiger partial charge in [-0.3, -0.25) is 4.79 Å². The summed E-state index contributed by atoms with van der Waals surface area (Å²) in [4.78, 5) is 12.2. The maximum absolute atomic E-state index is 12.2. The molecule has 0 saturated carbocycles. The predicted octanol–water partition coefficient (Wildman–Crippen LogP) is 4.95. The van der Waals surface area contributed by atoms with E-state index in [2.05, 4.69) is 44.2 Å². The Kier molecular flexibility index (Phi) is 4.48. The van der Waals surface area contributed by atoms with Crippen LogP contribution in [0, 0.1) is 6.92 Å². The molecule has 2 aromatic rings. The maximum Gasteiger partial charge on any atom is 0.156 e. The zero-order chi connectivity index (χ0) is 19.0. The third-order valence-electron chi connectivity index (χ3n) is 5.73. The van der Waals surface area contributed by atoms with E-state index in [1.165, 1.54) is 11.1 Å². The van der Waals surface area contributed by atoms with E-state index in [-0.39, 0.29) is 11.7 Å². The van der Waals surface area contributed by atoms with E-state index in [0.29, 0.717) is 13.0 Å². The van der Waals surface area contributed by atoms with Gasteiger partial charge in [-0.2, -0.15) is 0 Å². The minimum atomic E-state index is -0.504. The van der Waals surface area contributed by atoms with E-state index in [1.54, 1.807) is 13.2 Å². The molecular formula is C24H24O3. The second kappa shape index (κ2) is 6.82. The van der Waals surface area contributed by atoms with E-state index in [9.17, 15) is 4.79 Å². The third kappa shape index (κ3) is 3.24. The number of carbonyl (C=O) groups excluding carboxylic acids is 1. The Hall–Kier alpha value is -2.65. The van der Waals surface area contributed by atoms with Crippen LogP contribution in [-0.2, 0) is 9.53 Å². The predicted molar refractivity (Wildman–Crippen MR) is 108 cm³/mol. The number of hydrogen-bond acceptors (Lipinski definition) is 3. The molecule has 0 saturated heterocycles. The minimum absolute atomic E-state index is 0.0251. The van der Waals surface area contributed by atoms with Gasteiger partial charge in [-0.15, -0.1) is 0 Å². The minimum Gasteiger partial charge on any atom is -0.497 e. The Balaban J connectivity index is 1.90. The largest absolute Gasteiger partial charge is 0.497 e. The molecule has 4 rings (SSSR count). The number of ether oxygens (including phenoxy) is 2. The summed E-state index contributed by atoms with van der Waals surface area (Å²) in [5.41, 5.74) is 5.28. The van der Waals surface area contributed by atoms with Crippen molar-refractivity contribution >= 4 is 17.4 Å². The second-order valence-corrected chi connectivity index (χ2v) is 7.51. The fourth-order valence-corrected chi connectivity index (χ4v) is 4.03. The number of rotatable bonds is 2. The summed E-state index contributed by atoms with van der Waals surface area (Å²) in [6.07, 6.45) is 6.23. The van der Waals surface area contributed by atoms with Crippen LogP contribution < -0.4 is 4.74 Å². The smallest absolute Gasteiger partial charge is 0.156 e. The molecule has 27 heavy (non-hydrogen) atoms. The normalized spacial score (nSPS) is 25.7. The molecular weight excluding hydrogens is 336 g/mol. The number of ketones is 1. The molecule has 3 nitrogen and oxygen atoms in total. The van der Waals surface area contributed by atoms with Gasteiger partial charge in [0.2, 0.25) is 0 Å². The van der Waals surface area contributed by atoms with Crippen molar-refractivity contribution in [3.8, 4) is 5.75 Å². The van der Waals surface area contributed by atoms with Gasteiger partial charge in [0.25, 0.3) is 0 Å². The molecule has 0 N–H and O–H groups in total. The van der Waals surface area contributed by atoms with Crippen molar-refractivity contribution in [1.29, 1.82) is 0 Å². The van der Waals surface area contributed by atoms with Crippen molar-refractivity contribution in [2.45, 2.75) is 31.8 Å². The lowest BCUT2D eigenvalue weighted by Gasteiger charge is -2.36. The van der Waals surface area contributed by atoms with Crippen molar-refractivity contribution in [3.05, 3.63) is 76.9 Å². The monoisotopic (exact) mass is 360 g/mol. The summed E-state index contributed by atoms with van der Waals surface area (Å²) in [5.74, 6) is 0.916. The molecule has 3 heteroatoms. The summed E-state index contributed by atoms with van der Waals surface area (Å²) in [6.45, 7) is 4.68. The van der Waals surface area contributed by atoms with Gasteiger partial charge >= 0.3 is 0 Å². The van der Waals surface area contributed by atoms with Gasteiger partial charge in [0, 0.05) is 12.3 Å². The van der Waals surface area contributed by atoms with Crippen molar-refractivity contribution < 1.29 is 14.3 Å². The van der Waals surface area contributed by atoms with Crippen LogP contribution in [0.3, 0.4) is 0 Å². The van der Waals surface area contributed by atoms with Gasteiger partial charge in [0.15, 0.2) is 5.78 Å². The third-order valence-corrected chi connectivity index (χ3v) is 5.73. The number of fused-ring (bicyclic) bond motifs is 3. The van der Waals surface area contributed by atoms with Gasteiger partial charge in [-0.1, -0.05) is 30.3 Å². The van der Waals surface area contributed by atoms with Crippen molar-refractivity contribution in [1.82, 2.24) is 0 Å². The highest BCUT2D eigenvalue weighted by atomic mass is 16.5. The topological polar surface area (TPSA) is 35.5 Å². The quantitative estimate of drug-likeness (QED) is 0.760. The zero-order valence-corrected chi connectivity index (χ0v) is 16.0. The molecule has 2 aromatic carbocycles. The first-order chi connectivity index (χ1) is 13.0. The van der Waals surface area contributed by atoms with Crippen LogP contribution >= 0.6 is 0 Å². The number of allylic oxidation sites excluding steroid dienone is 1. The molecule has 0 unspecified atom stereocenters. The molecule has 1 heterocycles. The van der Waals surface area contributed by atoms with Gasteiger partial charge in [0.1, 0.15) is 5.75 Å². The summed E-state index contributed by atoms with van der Waals surface area (Å²) in [7, 11) is 1.67. The average molecular weight is 360 g/mol. The van der Waals surface area contributed by atoms with Gasteiger partial charge in [0.05, 0.1) is 19.3 Å². The van der Waals surface area contributed by atoms with Gasteiger partial charge in [-0.05, 0) is 72.0 Å². The summed E-state index contributed by atoms with van der Waals surface area (Å²) in [5, 5.41) is 0. The highest BCUT2D eigenvalue weighted by Crippen LogP contribution is 2.46. The molecule has 0 aromatic heterocycles. The van der Waals surface area contributed by atoms with E-state index in [4.69, 9.17) is 9.47 Å². The van der Waals surface area contributed by atoms with Gasteiger partial charge < -0.3 is 9.47 Å². The maximum atomic E-state index is 12.2. The first-order valence-electron chi connectivity index (χ1n) is 9.31. The van der Waals surface area contributed by atoms with Crippen molar-refractivity contribution in [2.24, 2.45) is 0 Å². The van der Waals surface area contributed by atoms with Crippen molar-refractivity contribution in [3.63, 3.8) is 0 Å². The van der Waals surface area contributed by atoms with E-state index >= 15 is 0 Å². The SMILES string of the molecule is COc1ccc2c(c1)[C@@H]1CC(=O)C=C[C@]1(C)OC/C2=C\c1ccccc1C. The lowest BCUT2D eigenvalue weighted by Crippen LogP contribution is -2.37. The Morgan fingerprint density at radius 2 is 2.04 bits per heavy atom. The Bertz CT molecular complexity index is 954. The van der Waals surface area contributed by atoms with Crippen LogP contribution in [0.15, 0.2) is 54.6 Å². The number of methoxy groups -OCH3 is 1. The van der Waals surface area contributed by atoms with E-state index in [1.807, 2.05) is 24.3 Å². The van der Waals surface area contributed by atoms with Crippen LogP contribution in [0.25, 0.3) is 11.6 Å². The number of carbonyl (C=O) groups is 1. The zero-order valence-electron chi connectivity index (χ0n) is 16.0.